The molecule has 148 valence electrons. The Kier molecular flexibility index (Phi) is 5.34. The molecule has 0 aliphatic heterocycles. The predicted octanol–water partition coefficient (Wildman–Crippen LogP) is 4.98. The number of H-pyrrole nitrogens is 1. The molecule has 4 aromatic rings. The lowest BCUT2D eigenvalue weighted by Crippen LogP contribution is -2.02. The smallest absolute Gasteiger partial charge is 0.269 e. The molecule has 3 aromatic carbocycles. The van der Waals surface area contributed by atoms with Crippen LogP contribution in [0.2, 0.25) is 0 Å². The number of ketones is 1. The van der Waals surface area contributed by atoms with Gasteiger partial charge in [-0.25, -0.2) is 4.98 Å². The van der Waals surface area contributed by atoms with Crippen LogP contribution < -0.4 is 5.32 Å². The van der Waals surface area contributed by atoms with Gasteiger partial charge in [0.2, 0.25) is 0 Å². The van der Waals surface area contributed by atoms with Crippen molar-refractivity contribution < 1.29 is 9.72 Å². The van der Waals surface area contributed by atoms with E-state index in [-0.39, 0.29) is 11.5 Å². The molecular weight excluding hydrogens is 380 g/mol. The molecule has 0 saturated heterocycles. The number of nitrogens with zero attached hydrogens (tertiary/aromatic N) is 2. The molecule has 0 atom stereocenters. The first-order valence-corrected chi connectivity index (χ1v) is 9.33. The van der Waals surface area contributed by atoms with Gasteiger partial charge in [0.1, 0.15) is 5.82 Å². The normalized spacial score (nSPS) is 11.1. The molecule has 0 fully saturated rings. The average molecular weight is 398 g/mol. The maximum Gasteiger partial charge on any atom is 0.269 e. The van der Waals surface area contributed by atoms with Crippen LogP contribution >= 0.6 is 0 Å². The Labute approximate surface area is 172 Å². The number of nitro groups is 1. The zero-order valence-electron chi connectivity index (χ0n) is 15.9. The van der Waals surface area contributed by atoms with Crippen LogP contribution in [0, 0.1) is 10.1 Å². The summed E-state index contributed by atoms with van der Waals surface area (Å²) in [6, 6.07) is 21.1. The number of anilines is 1. The quantitative estimate of drug-likeness (QED) is 0.198. The summed E-state index contributed by atoms with van der Waals surface area (Å²) in [4.78, 5) is 30.4. The van der Waals surface area contributed by atoms with Gasteiger partial charge < -0.3 is 10.3 Å². The number of nitrogens with one attached hydrogen (secondary N) is 2. The van der Waals surface area contributed by atoms with Crippen LogP contribution in [0.25, 0.3) is 17.1 Å². The SMILES string of the molecule is O=C(/C=C\c1ccc([N+](=O)[O-])cc1)c1ccc(NCc2nc3ccccc3[nH]2)cc1. The van der Waals surface area contributed by atoms with E-state index >= 15 is 0 Å². The number of allylic oxidation sites excluding steroid dienone is 1. The van der Waals surface area contributed by atoms with E-state index in [0.29, 0.717) is 12.1 Å². The van der Waals surface area contributed by atoms with Crippen molar-refractivity contribution in [3.05, 3.63) is 106 Å². The minimum absolute atomic E-state index is 0.0178. The van der Waals surface area contributed by atoms with Gasteiger partial charge in [0, 0.05) is 23.4 Å². The van der Waals surface area contributed by atoms with Crippen molar-refractivity contribution >= 4 is 34.3 Å². The van der Waals surface area contributed by atoms with E-state index in [1.165, 1.54) is 18.2 Å². The number of aromatic amines is 1. The Morgan fingerprint density at radius 3 is 2.47 bits per heavy atom. The number of para-hydroxylation sites is 2. The summed E-state index contributed by atoms with van der Waals surface area (Å²) in [6.07, 6.45) is 3.10. The van der Waals surface area contributed by atoms with E-state index < -0.39 is 4.92 Å². The van der Waals surface area contributed by atoms with Crippen LogP contribution in [-0.2, 0) is 6.54 Å². The third-order valence-corrected chi connectivity index (χ3v) is 4.60. The molecule has 0 unspecified atom stereocenters. The zero-order chi connectivity index (χ0) is 20.9. The molecule has 2 N–H and O–H groups in total. The van der Waals surface area contributed by atoms with Gasteiger partial charge in [0.05, 0.1) is 22.5 Å². The highest BCUT2D eigenvalue weighted by molar-refractivity contribution is 6.07. The number of nitro benzene ring substituents is 1. The third kappa shape index (κ3) is 4.41. The van der Waals surface area contributed by atoms with Gasteiger partial charge in [0.15, 0.2) is 5.78 Å². The summed E-state index contributed by atoms with van der Waals surface area (Å²) in [5.74, 6) is 0.694. The number of rotatable bonds is 7. The molecule has 1 aromatic heterocycles. The van der Waals surface area contributed by atoms with Crippen molar-refractivity contribution in [1.82, 2.24) is 9.97 Å². The predicted molar refractivity (Wildman–Crippen MR) is 116 cm³/mol. The van der Waals surface area contributed by atoms with E-state index in [2.05, 4.69) is 15.3 Å². The number of hydrogen-bond donors (Lipinski definition) is 2. The van der Waals surface area contributed by atoms with E-state index in [9.17, 15) is 14.9 Å². The van der Waals surface area contributed by atoms with Crippen molar-refractivity contribution in [2.75, 3.05) is 5.32 Å². The second kappa shape index (κ2) is 8.40. The Balaban J connectivity index is 1.36. The minimum atomic E-state index is -0.456. The van der Waals surface area contributed by atoms with Crippen LogP contribution in [0.4, 0.5) is 11.4 Å². The average Bonchev–Trinajstić information content (AvgIpc) is 3.20. The number of carbonyl (C=O) groups is 1. The van der Waals surface area contributed by atoms with Crippen molar-refractivity contribution in [3.63, 3.8) is 0 Å². The maximum absolute atomic E-state index is 12.4. The summed E-state index contributed by atoms with van der Waals surface area (Å²) in [6.45, 7) is 0.544. The first-order valence-electron chi connectivity index (χ1n) is 9.33. The molecule has 0 aliphatic rings. The van der Waals surface area contributed by atoms with E-state index in [1.54, 1.807) is 30.3 Å². The highest BCUT2D eigenvalue weighted by Gasteiger charge is 2.05. The molecule has 0 spiro atoms. The second-order valence-corrected chi connectivity index (χ2v) is 6.68. The monoisotopic (exact) mass is 398 g/mol. The Morgan fingerprint density at radius 2 is 1.77 bits per heavy atom. The summed E-state index contributed by atoms with van der Waals surface area (Å²) in [5.41, 5.74) is 4.10. The van der Waals surface area contributed by atoms with Gasteiger partial charge in [-0.2, -0.15) is 0 Å². The van der Waals surface area contributed by atoms with Gasteiger partial charge in [-0.3, -0.25) is 14.9 Å². The van der Waals surface area contributed by atoms with E-state index in [0.717, 1.165) is 28.1 Å². The molecule has 0 amide bonds. The standard InChI is InChI=1S/C23H18N4O3/c28-22(14-7-16-5-12-19(13-6-16)27(29)30)17-8-10-18(11-9-17)24-15-23-25-20-3-1-2-4-21(20)26-23/h1-14,24H,15H2,(H,25,26)/b14-7-. The number of benzene rings is 3. The molecule has 0 aliphatic carbocycles. The van der Waals surface area contributed by atoms with Crippen molar-refractivity contribution in [3.8, 4) is 0 Å². The third-order valence-electron chi connectivity index (χ3n) is 4.60. The summed E-state index contributed by atoms with van der Waals surface area (Å²) >= 11 is 0. The number of imidazole rings is 1. The topological polar surface area (TPSA) is 101 Å². The van der Waals surface area contributed by atoms with Crippen molar-refractivity contribution in [1.29, 1.82) is 0 Å². The Hall–Kier alpha value is -4.26. The van der Waals surface area contributed by atoms with Gasteiger partial charge in [-0.05, 0) is 60.2 Å². The Morgan fingerprint density at radius 1 is 1.03 bits per heavy atom. The first-order chi connectivity index (χ1) is 14.6. The summed E-state index contributed by atoms with van der Waals surface area (Å²) < 4.78 is 0. The lowest BCUT2D eigenvalue weighted by Gasteiger charge is -2.05. The fourth-order valence-corrected chi connectivity index (χ4v) is 3.00. The number of aromatic nitrogens is 2. The molecule has 4 rings (SSSR count). The largest absolute Gasteiger partial charge is 0.378 e. The molecule has 7 nitrogen and oxygen atoms in total. The van der Waals surface area contributed by atoms with Crippen LogP contribution in [0.3, 0.4) is 0 Å². The van der Waals surface area contributed by atoms with Gasteiger partial charge in [-0.15, -0.1) is 0 Å². The number of hydrogen-bond acceptors (Lipinski definition) is 5. The maximum atomic E-state index is 12.4. The molecule has 0 bridgehead atoms. The van der Waals surface area contributed by atoms with Gasteiger partial charge >= 0.3 is 0 Å². The molecule has 1 heterocycles. The number of non-ortho nitro benzene ring substituents is 1. The van der Waals surface area contributed by atoms with E-state index in [1.807, 2.05) is 36.4 Å². The minimum Gasteiger partial charge on any atom is -0.378 e. The van der Waals surface area contributed by atoms with Crippen LogP contribution in [0.5, 0.6) is 0 Å². The zero-order valence-corrected chi connectivity index (χ0v) is 15.9. The molecule has 0 radical (unpaired) electrons. The highest BCUT2D eigenvalue weighted by atomic mass is 16.6. The first kappa shape index (κ1) is 19.1. The molecular formula is C23H18N4O3. The van der Waals surface area contributed by atoms with Crippen LogP contribution in [0.15, 0.2) is 78.9 Å². The fourth-order valence-electron chi connectivity index (χ4n) is 3.00. The molecule has 7 heteroatoms. The lowest BCUT2D eigenvalue weighted by molar-refractivity contribution is -0.384. The van der Waals surface area contributed by atoms with Crippen molar-refractivity contribution in [2.24, 2.45) is 0 Å². The summed E-state index contributed by atoms with van der Waals surface area (Å²) in [7, 11) is 0. The second-order valence-electron chi connectivity index (χ2n) is 6.68. The number of carbonyl (C=O) groups excluding carboxylic acids is 1. The fraction of sp³-hybridized carbons (Fsp3) is 0.0435. The molecule has 30 heavy (non-hydrogen) atoms. The van der Waals surface area contributed by atoms with Gasteiger partial charge in [-0.1, -0.05) is 18.2 Å². The lowest BCUT2D eigenvalue weighted by atomic mass is 10.1. The molecule has 0 saturated carbocycles. The van der Waals surface area contributed by atoms with Crippen molar-refractivity contribution in [2.45, 2.75) is 6.54 Å². The van der Waals surface area contributed by atoms with Crippen LogP contribution in [-0.4, -0.2) is 20.7 Å². The van der Waals surface area contributed by atoms with E-state index in [4.69, 9.17) is 0 Å². The highest BCUT2D eigenvalue weighted by Crippen LogP contribution is 2.16. The number of fused-ring (bicyclic) bond motifs is 1. The summed E-state index contributed by atoms with van der Waals surface area (Å²) in [5, 5.41) is 14.0. The Bertz CT molecular complexity index is 1190. The van der Waals surface area contributed by atoms with Crippen LogP contribution in [0.1, 0.15) is 21.7 Å². The van der Waals surface area contributed by atoms with Gasteiger partial charge in [0.25, 0.3) is 5.69 Å².